The van der Waals surface area contributed by atoms with Gasteiger partial charge in [0.05, 0.1) is 5.92 Å². The van der Waals surface area contributed by atoms with E-state index >= 15 is 0 Å². The van der Waals surface area contributed by atoms with Crippen LogP contribution in [-0.4, -0.2) is 23.0 Å². The Balaban J connectivity index is 2.36. The Morgan fingerprint density at radius 3 is 2.68 bits per heavy atom. The molecule has 0 saturated heterocycles. The highest BCUT2D eigenvalue weighted by atomic mass is 19.1. The number of hydrogen-bond donors (Lipinski definition) is 1. The Morgan fingerprint density at radius 2 is 1.95 bits per heavy atom. The van der Waals surface area contributed by atoms with Gasteiger partial charge in [0.1, 0.15) is 0 Å². The van der Waals surface area contributed by atoms with E-state index in [4.69, 9.17) is 0 Å². The van der Waals surface area contributed by atoms with Crippen molar-refractivity contribution >= 4 is 22.5 Å². The van der Waals surface area contributed by atoms with Crippen LogP contribution in [0.4, 0.5) is 4.39 Å². The molecule has 1 aliphatic carbocycles. The van der Waals surface area contributed by atoms with Gasteiger partial charge >= 0.3 is 5.97 Å². The first-order chi connectivity index (χ1) is 9.09. The molecule has 0 heterocycles. The quantitative estimate of drug-likeness (QED) is 0.855. The molecule has 19 heavy (non-hydrogen) atoms. The van der Waals surface area contributed by atoms with Crippen molar-refractivity contribution in [2.75, 3.05) is 0 Å². The summed E-state index contributed by atoms with van der Waals surface area (Å²) in [6, 6.07) is 10.5. The lowest BCUT2D eigenvalue weighted by Crippen LogP contribution is -2.30. The van der Waals surface area contributed by atoms with Gasteiger partial charge in [0.15, 0.2) is 12.0 Å². The molecule has 1 aliphatic rings. The fraction of sp³-hybridized carbons (Fsp3) is 0.200. The number of rotatable bonds is 1. The van der Waals surface area contributed by atoms with Crippen LogP contribution in [0.2, 0.25) is 0 Å². The molecule has 2 atom stereocenters. The van der Waals surface area contributed by atoms with E-state index in [1.54, 1.807) is 18.2 Å². The third-order valence-corrected chi connectivity index (χ3v) is 3.61. The van der Waals surface area contributed by atoms with Gasteiger partial charge in [-0.15, -0.1) is 0 Å². The van der Waals surface area contributed by atoms with E-state index in [-0.39, 0.29) is 12.0 Å². The van der Waals surface area contributed by atoms with Gasteiger partial charge in [0.25, 0.3) is 0 Å². The molecule has 0 saturated carbocycles. The third-order valence-electron chi connectivity index (χ3n) is 3.61. The Hall–Kier alpha value is -2.23. The Kier molecular flexibility index (Phi) is 2.59. The minimum atomic E-state index is -1.73. The number of Topliss-reactive ketones (excluding diaryl/α,β-unsaturated/α-hetero) is 1. The van der Waals surface area contributed by atoms with Gasteiger partial charge in [0.2, 0.25) is 0 Å². The van der Waals surface area contributed by atoms with E-state index in [0.717, 1.165) is 5.39 Å². The summed E-state index contributed by atoms with van der Waals surface area (Å²) in [7, 11) is 0. The zero-order valence-corrected chi connectivity index (χ0v) is 9.97. The molecule has 0 aliphatic heterocycles. The molecule has 2 aromatic rings. The molecular formula is C15H11FO3. The SMILES string of the molecule is O=C1c2ccc3ccccc3c2C(C(=O)O)CC1F. The van der Waals surface area contributed by atoms with Crippen LogP contribution in [0.15, 0.2) is 36.4 Å². The molecule has 2 unspecified atom stereocenters. The number of benzene rings is 2. The standard InChI is InChI=1S/C15H11FO3/c16-12-7-11(15(18)19)13-9-4-2-1-3-8(9)5-6-10(13)14(12)17/h1-6,11-12H,7H2,(H,18,19). The first kappa shape index (κ1) is 11.8. The third kappa shape index (κ3) is 1.71. The van der Waals surface area contributed by atoms with Crippen molar-refractivity contribution in [3.8, 4) is 0 Å². The lowest BCUT2D eigenvalue weighted by molar-refractivity contribution is -0.139. The second kappa shape index (κ2) is 4.16. The number of fused-ring (bicyclic) bond motifs is 3. The van der Waals surface area contributed by atoms with Gasteiger partial charge in [-0.2, -0.15) is 0 Å². The van der Waals surface area contributed by atoms with Crippen LogP contribution < -0.4 is 0 Å². The summed E-state index contributed by atoms with van der Waals surface area (Å²) in [6.45, 7) is 0. The van der Waals surface area contributed by atoms with E-state index < -0.39 is 23.8 Å². The Bertz CT molecular complexity index is 693. The average Bonchev–Trinajstić information content (AvgIpc) is 2.41. The first-order valence-electron chi connectivity index (χ1n) is 6.02. The molecule has 0 aromatic heterocycles. The van der Waals surface area contributed by atoms with Crippen LogP contribution in [0.3, 0.4) is 0 Å². The smallest absolute Gasteiger partial charge is 0.311 e. The predicted octanol–water partition coefficient (Wildman–Crippen LogP) is 2.93. The molecule has 96 valence electrons. The minimum Gasteiger partial charge on any atom is -0.481 e. The minimum absolute atomic E-state index is 0.199. The van der Waals surface area contributed by atoms with Crippen molar-refractivity contribution in [3.63, 3.8) is 0 Å². The lowest BCUT2D eigenvalue weighted by Gasteiger charge is -2.25. The zero-order chi connectivity index (χ0) is 13.6. The van der Waals surface area contributed by atoms with E-state index in [2.05, 4.69) is 0 Å². The number of alkyl halides is 1. The molecular weight excluding hydrogens is 247 g/mol. The molecule has 0 radical (unpaired) electrons. The van der Waals surface area contributed by atoms with Gasteiger partial charge in [-0.25, -0.2) is 4.39 Å². The topological polar surface area (TPSA) is 54.4 Å². The van der Waals surface area contributed by atoms with Crippen LogP contribution in [0.25, 0.3) is 10.8 Å². The number of carbonyl (C=O) groups excluding carboxylic acids is 1. The maximum atomic E-state index is 13.7. The van der Waals surface area contributed by atoms with Gasteiger partial charge in [-0.3, -0.25) is 9.59 Å². The Labute approximate surface area is 108 Å². The number of carbonyl (C=O) groups is 2. The highest BCUT2D eigenvalue weighted by molar-refractivity contribution is 6.08. The maximum Gasteiger partial charge on any atom is 0.311 e. The highest BCUT2D eigenvalue weighted by Crippen LogP contribution is 2.38. The summed E-state index contributed by atoms with van der Waals surface area (Å²) in [6.07, 6.45) is -2.01. The molecule has 1 N–H and O–H groups in total. The first-order valence-corrected chi connectivity index (χ1v) is 6.02. The summed E-state index contributed by atoms with van der Waals surface area (Å²) < 4.78 is 13.7. The molecule has 2 aromatic carbocycles. The normalized spacial score (nSPS) is 22.3. The van der Waals surface area contributed by atoms with Gasteiger partial charge in [-0.1, -0.05) is 36.4 Å². The fourth-order valence-corrected chi connectivity index (χ4v) is 2.71. The second-order valence-corrected chi connectivity index (χ2v) is 4.71. The van der Waals surface area contributed by atoms with Gasteiger partial charge < -0.3 is 5.11 Å². The van der Waals surface area contributed by atoms with E-state index in [0.29, 0.717) is 10.9 Å². The van der Waals surface area contributed by atoms with E-state index in [1.165, 1.54) is 6.07 Å². The molecule has 0 spiro atoms. The zero-order valence-electron chi connectivity index (χ0n) is 9.97. The second-order valence-electron chi connectivity index (χ2n) is 4.71. The van der Waals surface area contributed by atoms with Crippen molar-refractivity contribution in [2.24, 2.45) is 0 Å². The number of hydrogen-bond acceptors (Lipinski definition) is 2. The summed E-state index contributed by atoms with van der Waals surface area (Å²) >= 11 is 0. The van der Waals surface area contributed by atoms with Crippen molar-refractivity contribution in [1.82, 2.24) is 0 Å². The van der Waals surface area contributed by atoms with Crippen LogP contribution in [-0.2, 0) is 4.79 Å². The van der Waals surface area contributed by atoms with Crippen molar-refractivity contribution < 1.29 is 19.1 Å². The summed E-state index contributed by atoms with van der Waals surface area (Å²) in [4.78, 5) is 23.2. The van der Waals surface area contributed by atoms with E-state index in [1.807, 2.05) is 12.1 Å². The maximum absolute atomic E-state index is 13.7. The highest BCUT2D eigenvalue weighted by Gasteiger charge is 2.38. The number of ketones is 1. The molecule has 4 heteroatoms. The average molecular weight is 258 g/mol. The van der Waals surface area contributed by atoms with Gasteiger partial charge in [-0.05, 0) is 16.3 Å². The molecule has 0 fully saturated rings. The number of carboxylic acid groups (broad SMARTS) is 1. The van der Waals surface area contributed by atoms with Crippen molar-refractivity contribution in [3.05, 3.63) is 47.5 Å². The molecule has 3 nitrogen and oxygen atoms in total. The monoisotopic (exact) mass is 258 g/mol. The van der Waals surface area contributed by atoms with E-state index in [9.17, 15) is 19.1 Å². The van der Waals surface area contributed by atoms with Gasteiger partial charge in [0, 0.05) is 12.0 Å². The number of aliphatic carboxylic acids is 1. The molecule has 0 bridgehead atoms. The van der Waals surface area contributed by atoms with Crippen LogP contribution in [0, 0.1) is 0 Å². The fourth-order valence-electron chi connectivity index (χ4n) is 2.71. The van der Waals surface area contributed by atoms with Crippen molar-refractivity contribution in [2.45, 2.75) is 18.5 Å². The molecule has 0 amide bonds. The molecule has 3 rings (SSSR count). The Morgan fingerprint density at radius 1 is 1.21 bits per heavy atom. The van der Waals surface area contributed by atoms with Crippen LogP contribution in [0.1, 0.15) is 28.3 Å². The number of carboxylic acids is 1. The predicted molar refractivity (Wildman–Crippen MR) is 68.2 cm³/mol. The lowest BCUT2D eigenvalue weighted by atomic mass is 9.78. The summed E-state index contributed by atoms with van der Waals surface area (Å²) in [5.74, 6) is -2.67. The van der Waals surface area contributed by atoms with Crippen molar-refractivity contribution in [1.29, 1.82) is 0 Å². The largest absolute Gasteiger partial charge is 0.481 e. The summed E-state index contributed by atoms with van der Waals surface area (Å²) in [5.41, 5.74) is 0.648. The van der Waals surface area contributed by atoms with Crippen LogP contribution >= 0.6 is 0 Å². The van der Waals surface area contributed by atoms with Crippen LogP contribution in [0.5, 0.6) is 0 Å². The number of halogens is 1. The summed E-state index contributed by atoms with van der Waals surface area (Å²) in [5, 5.41) is 10.8.